The molecule has 1 aromatic rings. The minimum Gasteiger partial charge on any atom is -0.287 e. The largest absolute Gasteiger partial charge is 0.287 e. The summed E-state index contributed by atoms with van der Waals surface area (Å²) in [7, 11) is -3.49. The van der Waals surface area contributed by atoms with Gasteiger partial charge in [-0.25, -0.2) is 4.18 Å². The molecule has 5 nitrogen and oxygen atoms in total. The summed E-state index contributed by atoms with van der Waals surface area (Å²) >= 11 is 0. The van der Waals surface area contributed by atoms with E-state index in [2.05, 4.69) is 10.3 Å². The van der Waals surface area contributed by atoms with Crippen molar-refractivity contribution in [2.24, 2.45) is 0 Å². The molecule has 1 atom stereocenters. The molecule has 90 valence electrons. The average molecular weight is 244 g/mol. The second kappa shape index (κ2) is 5.93. The van der Waals surface area contributed by atoms with Crippen LogP contribution in [0, 0.1) is 0 Å². The van der Waals surface area contributed by atoms with Gasteiger partial charge in [-0.15, -0.1) is 0 Å². The van der Waals surface area contributed by atoms with Crippen LogP contribution in [0.4, 0.5) is 0 Å². The molecule has 1 rings (SSSR count). The molecule has 1 aromatic heterocycles. The minimum absolute atomic E-state index is 0.663. The average Bonchev–Trinajstić information content (AvgIpc) is 2.24. The van der Waals surface area contributed by atoms with Crippen LogP contribution in [0.5, 0.6) is 0 Å². The molecule has 0 saturated heterocycles. The molecule has 1 heterocycles. The molecule has 0 aliphatic carbocycles. The zero-order valence-electron chi connectivity index (χ0n) is 9.38. The number of hydrogen-bond donors (Lipinski definition) is 1. The predicted octanol–water partition coefficient (Wildman–Crippen LogP) is 1.06. The number of rotatable bonds is 6. The Morgan fingerprint density at radius 2 is 2.31 bits per heavy atom. The van der Waals surface area contributed by atoms with Gasteiger partial charge in [0.2, 0.25) is 0 Å². The van der Waals surface area contributed by atoms with Crippen LogP contribution < -0.4 is 5.32 Å². The fourth-order valence-corrected chi connectivity index (χ4v) is 1.72. The summed E-state index contributed by atoms with van der Waals surface area (Å²) < 4.78 is 27.1. The van der Waals surface area contributed by atoms with Crippen LogP contribution in [-0.4, -0.2) is 26.2 Å². The first-order valence-corrected chi connectivity index (χ1v) is 6.86. The van der Waals surface area contributed by atoms with Crippen molar-refractivity contribution in [2.45, 2.75) is 19.6 Å². The maximum absolute atomic E-state index is 11.1. The second-order valence-electron chi connectivity index (χ2n) is 3.42. The van der Waals surface area contributed by atoms with E-state index in [4.69, 9.17) is 4.18 Å². The first kappa shape index (κ1) is 13.1. The van der Waals surface area contributed by atoms with Gasteiger partial charge in [0.15, 0.2) is 6.23 Å². The van der Waals surface area contributed by atoms with Gasteiger partial charge in [0.1, 0.15) is 0 Å². The van der Waals surface area contributed by atoms with E-state index in [-0.39, 0.29) is 0 Å². The van der Waals surface area contributed by atoms with Gasteiger partial charge in [-0.2, -0.15) is 8.42 Å². The quantitative estimate of drug-likeness (QED) is 0.598. The molecule has 0 bridgehead atoms. The number of pyridine rings is 1. The Labute approximate surface area is 96.0 Å². The monoisotopic (exact) mass is 244 g/mol. The fourth-order valence-electron chi connectivity index (χ4n) is 1.19. The number of nitrogens with one attached hydrogen (secondary N) is 1. The van der Waals surface area contributed by atoms with Crippen molar-refractivity contribution in [3.8, 4) is 0 Å². The van der Waals surface area contributed by atoms with Crippen LogP contribution in [0.1, 0.15) is 25.1 Å². The Bertz CT molecular complexity index is 405. The first-order chi connectivity index (χ1) is 7.53. The van der Waals surface area contributed by atoms with Crippen LogP contribution in [0.2, 0.25) is 0 Å². The third-order valence-electron chi connectivity index (χ3n) is 1.84. The highest BCUT2D eigenvalue weighted by Crippen LogP contribution is 2.15. The lowest BCUT2D eigenvalue weighted by molar-refractivity contribution is 0.176. The van der Waals surface area contributed by atoms with Gasteiger partial charge in [-0.3, -0.25) is 10.3 Å². The Hall–Kier alpha value is -0.980. The predicted molar refractivity (Wildman–Crippen MR) is 61.2 cm³/mol. The molecule has 0 saturated carbocycles. The molecule has 0 amide bonds. The fraction of sp³-hybridized carbons (Fsp3) is 0.500. The van der Waals surface area contributed by atoms with Gasteiger partial charge in [-0.05, 0) is 19.0 Å². The smallest absolute Gasteiger partial charge is 0.266 e. The lowest BCUT2D eigenvalue weighted by Crippen LogP contribution is -2.26. The van der Waals surface area contributed by atoms with E-state index in [1.807, 2.05) is 6.92 Å². The zero-order valence-corrected chi connectivity index (χ0v) is 10.2. The SMILES string of the molecule is CCCNC(OS(C)(=O)=O)c1cccnc1. The second-order valence-corrected chi connectivity index (χ2v) is 5.02. The van der Waals surface area contributed by atoms with E-state index in [1.54, 1.807) is 24.5 Å². The zero-order chi connectivity index (χ0) is 12.0. The maximum Gasteiger partial charge on any atom is 0.266 e. The van der Waals surface area contributed by atoms with Gasteiger partial charge in [0.05, 0.1) is 6.26 Å². The van der Waals surface area contributed by atoms with E-state index in [0.29, 0.717) is 12.1 Å². The molecule has 0 aliphatic heterocycles. The third-order valence-corrected chi connectivity index (χ3v) is 2.38. The van der Waals surface area contributed by atoms with E-state index in [1.165, 1.54) is 0 Å². The van der Waals surface area contributed by atoms with E-state index < -0.39 is 16.3 Å². The molecule has 0 aromatic carbocycles. The topological polar surface area (TPSA) is 68.3 Å². The highest BCUT2D eigenvalue weighted by Gasteiger charge is 2.16. The Kier molecular flexibility index (Phi) is 4.85. The van der Waals surface area contributed by atoms with Crippen LogP contribution in [0.3, 0.4) is 0 Å². The molecule has 0 radical (unpaired) electrons. The van der Waals surface area contributed by atoms with Gasteiger partial charge in [0, 0.05) is 18.0 Å². The minimum atomic E-state index is -3.49. The lowest BCUT2D eigenvalue weighted by atomic mass is 10.2. The summed E-state index contributed by atoms with van der Waals surface area (Å²) in [4.78, 5) is 3.93. The van der Waals surface area contributed by atoms with Crippen LogP contribution in [0.15, 0.2) is 24.5 Å². The summed E-state index contributed by atoms with van der Waals surface area (Å²) in [6, 6.07) is 3.51. The van der Waals surface area contributed by atoms with Crippen molar-refractivity contribution in [1.82, 2.24) is 10.3 Å². The van der Waals surface area contributed by atoms with Crippen molar-refractivity contribution >= 4 is 10.1 Å². The molecule has 1 N–H and O–H groups in total. The van der Waals surface area contributed by atoms with E-state index >= 15 is 0 Å². The molecule has 0 aliphatic rings. The number of nitrogens with zero attached hydrogens (tertiary/aromatic N) is 1. The summed E-state index contributed by atoms with van der Waals surface area (Å²) in [6.45, 7) is 2.67. The van der Waals surface area contributed by atoms with Crippen molar-refractivity contribution in [3.63, 3.8) is 0 Å². The van der Waals surface area contributed by atoms with Crippen LogP contribution >= 0.6 is 0 Å². The maximum atomic E-state index is 11.1. The van der Waals surface area contributed by atoms with Crippen molar-refractivity contribution in [2.75, 3.05) is 12.8 Å². The van der Waals surface area contributed by atoms with Gasteiger partial charge in [0.25, 0.3) is 10.1 Å². The molecular weight excluding hydrogens is 228 g/mol. The molecule has 1 unspecified atom stereocenters. The third kappa shape index (κ3) is 4.69. The lowest BCUT2D eigenvalue weighted by Gasteiger charge is -2.17. The van der Waals surface area contributed by atoms with E-state index in [9.17, 15) is 8.42 Å². The normalized spacial score (nSPS) is 13.6. The first-order valence-electron chi connectivity index (χ1n) is 5.04. The Balaban J connectivity index is 2.79. The molecule has 16 heavy (non-hydrogen) atoms. The number of hydrogen-bond acceptors (Lipinski definition) is 5. The van der Waals surface area contributed by atoms with Crippen molar-refractivity contribution in [3.05, 3.63) is 30.1 Å². The molecular formula is C10H16N2O3S. The standard InChI is InChI=1S/C10H16N2O3S/c1-3-6-12-10(15-16(2,13)14)9-5-4-7-11-8-9/h4-5,7-8,10,12H,3,6H2,1-2H3. The van der Waals surface area contributed by atoms with Gasteiger partial charge >= 0.3 is 0 Å². The van der Waals surface area contributed by atoms with Crippen LogP contribution in [-0.2, 0) is 14.3 Å². The van der Waals surface area contributed by atoms with Gasteiger partial charge < -0.3 is 0 Å². The summed E-state index contributed by atoms with van der Waals surface area (Å²) in [5.41, 5.74) is 0.696. The summed E-state index contributed by atoms with van der Waals surface area (Å²) in [6.07, 6.45) is 4.47. The highest BCUT2D eigenvalue weighted by atomic mass is 32.2. The van der Waals surface area contributed by atoms with Crippen molar-refractivity contribution < 1.29 is 12.6 Å². The molecule has 0 spiro atoms. The molecule has 6 heteroatoms. The summed E-state index contributed by atoms with van der Waals surface area (Å²) in [5.74, 6) is 0. The Morgan fingerprint density at radius 1 is 1.56 bits per heavy atom. The van der Waals surface area contributed by atoms with Crippen molar-refractivity contribution in [1.29, 1.82) is 0 Å². The van der Waals surface area contributed by atoms with Crippen LogP contribution in [0.25, 0.3) is 0 Å². The summed E-state index contributed by atoms with van der Waals surface area (Å²) in [5, 5.41) is 3.00. The molecule has 0 fully saturated rings. The van der Waals surface area contributed by atoms with E-state index in [0.717, 1.165) is 12.7 Å². The number of aromatic nitrogens is 1. The highest BCUT2D eigenvalue weighted by molar-refractivity contribution is 7.86. The van der Waals surface area contributed by atoms with Gasteiger partial charge in [-0.1, -0.05) is 13.0 Å². The Morgan fingerprint density at radius 3 is 2.81 bits per heavy atom.